The Bertz CT molecular complexity index is 521. The number of rotatable bonds is 1. The first kappa shape index (κ1) is 9.14. The quantitative estimate of drug-likeness (QED) is 0.785. The van der Waals surface area contributed by atoms with Crippen LogP contribution in [-0.4, -0.2) is 25.7 Å². The van der Waals surface area contributed by atoms with Crippen LogP contribution in [0.1, 0.15) is 16.1 Å². The molecule has 0 fully saturated rings. The maximum absolute atomic E-state index is 10.8. The lowest BCUT2D eigenvalue weighted by Crippen LogP contribution is -2.00. The summed E-state index contributed by atoms with van der Waals surface area (Å²) >= 11 is 3.21. The van der Waals surface area contributed by atoms with Crippen molar-refractivity contribution < 1.29 is 9.90 Å². The van der Waals surface area contributed by atoms with Crippen molar-refractivity contribution in [3.05, 3.63) is 28.1 Å². The molecule has 2 rings (SSSR count). The third-order valence-corrected chi connectivity index (χ3v) is 2.26. The third kappa shape index (κ3) is 1.27. The summed E-state index contributed by atoms with van der Waals surface area (Å²) in [4.78, 5) is 14.8. The summed E-state index contributed by atoms with van der Waals surface area (Å²) in [5.41, 5.74) is 1.29. The number of nitrogens with zero attached hydrogens (tertiary/aromatic N) is 3. The summed E-state index contributed by atoms with van der Waals surface area (Å²) in [5, 5.41) is 12.8. The zero-order chi connectivity index (χ0) is 10.3. The summed E-state index contributed by atoms with van der Waals surface area (Å²) in [5.74, 6) is -1.02. The average Bonchev–Trinajstić information content (AvgIpc) is 2.47. The number of hydrogen-bond acceptors (Lipinski definition) is 3. The van der Waals surface area contributed by atoms with Gasteiger partial charge in [-0.3, -0.25) is 0 Å². The number of carboxylic acid groups (broad SMARTS) is 1. The standard InChI is InChI=1S/C8H6BrN3O2/c1-4-2-6(9)11-7-5(8(13)14)3-10-12(4)7/h2-3H,1H3,(H,13,14). The molecule has 14 heavy (non-hydrogen) atoms. The van der Waals surface area contributed by atoms with Gasteiger partial charge >= 0.3 is 5.97 Å². The van der Waals surface area contributed by atoms with E-state index in [-0.39, 0.29) is 5.56 Å². The number of carbonyl (C=O) groups is 1. The van der Waals surface area contributed by atoms with E-state index in [1.165, 1.54) is 10.7 Å². The molecule has 6 heteroatoms. The predicted molar refractivity (Wildman–Crippen MR) is 52.4 cm³/mol. The molecular formula is C8H6BrN3O2. The SMILES string of the molecule is Cc1cc(Br)nc2c(C(=O)O)cnn12. The van der Waals surface area contributed by atoms with Crippen molar-refractivity contribution in [3.8, 4) is 0 Å². The number of aromatic nitrogens is 3. The highest BCUT2D eigenvalue weighted by molar-refractivity contribution is 9.10. The molecule has 0 bridgehead atoms. The van der Waals surface area contributed by atoms with Crippen LogP contribution in [0.4, 0.5) is 0 Å². The fourth-order valence-corrected chi connectivity index (χ4v) is 1.72. The number of aromatic carboxylic acids is 1. The largest absolute Gasteiger partial charge is 0.477 e. The molecule has 1 N–H and O–H groups in total. The molecule has 72 valence electrons. The Balaban J connectivity index is 2.85. The summed E-state index contributed by atoms with van der Waals surface area (Å²) in [7, 11) is 0. The number of hydrogen-bond donors (Lipinski definition) is 1. The highest BCUT2D eigenvalue weighted by Crippen LogP contribution is 2.15. The lowest BCUT2D eigenvalue weighted by atomic mass is 10.3. The number of aryl methyl sites for hydroxylation is 1. The van der Waals surface area contributed by atoms with E-state index in [0.29, 0.717) is 10.3 Å². The molecule has 2 aromatic rings. The first-order chi connectivity index (χ1) is 6.59. The minimum atomic E-state index is -1.02. The molecule has 0 amide bonds. The molecule has 0 aliphatic heterocycles. The van der Waals surface area contributed by atoms with Crippen molar-refractivity contribution in [2.24, 2.45) is 0 Å². The van der Waals surface area contributed by atoms with Crippen LogP contribution in [0.2, 0.25) is 0 Å². The second kappa shape index (κ2) is 3.06. The minimum Gasteiger partial charge on any atom is -0.477 e. The zero-order valence-electron chi connectivity index (χ0n) is 7.23. The summed E-state index contributed by atoms with van der Waals surface area (Å²) in [6.07, 6.45) is 1.30. The molecule has 0 saturated carbocycles. The summed E-state index contributed by atoms with van der Waals surface area (Å²) in [6.45, 7) is 1.83. The van der Waals surface area contributed by atoms with Crippen LogP contribution < -0.4 is 0 Å². The Labute approximate surface area is 87.5 Å². The molecule has 2 aromatic heterocycles. The first-order valence-electron chi connectivity index (χ1n) is 3.84. The number of halogens is 1. The summed E-state index contributed by atoms with van der Waals surface area (Å²) < 4.78 is 2.10. The van der Waals surface area contributed by atoms with Gasteiger partial charge in [-0.25, -0.2) is 14.3 Å². The van der Waals surface area contributed by atoms with Crippen molar-refractivity contribution in [1.29, 1.82) is 0 Å². The minimum absolute atomic E-state index is 0.106. The van der Waals surface area contributed by atoms with E-state index in [2.05, 4.69) is 26.0 Å². The topological polar surface area (TPSA) is 67.5 Å². The second-order valence-corrected chi connectivity index (χ2v) is 3.63. The van der Waals surface area contributed by atoms with E-state index in [1.807, 2.05) is 6.92 Å². The molecule has 2 heterocycles. The number of fused-ring (bicyclic) bond motifs is 1. The molecule has 0 saturated heterocycles. The Kier molecular flexibility index (Phi) is 1.99. The van der Waals surface area contributed by atoms with E-state index in [4.69, 9.17) is 5.11 Å². The molecule has 0 aromatic carbocycles. The maximum Gasteiger partial charge on any atom is 0.341 e. The fraction of sp³-hybridized carbons (Fsp3) is 0.125. The molecule has 0 spiro atoms. The zero-order valence-corrected chi connectivity index (χ0v) is 8.82. The Morgan fingerprint density at radius 3 is 3.00 bits per heavy atom. The van der Waals surface area contributed by atoms with Gasteiger partial charge in [0.2, 0.25) is 0 Å². The van der Waals surface area contributed by atoms with Crippen molar-refractivity contribution in [2.75, 3.05) is 0 Å². The van der Waals surface area contributed by atoms with Gasteiger partial charge in [0, 0.05) is 5.69 Å². The summed E-state index contributed by atoms with van der Waals surface area (Å²) in [6, 6.07) is 1.77. The van der Waals surface area contributed by atoms with Crippen molar-refractivity contribution in [3.63, 3.8) is 0 Å². The van der Waals surface area contributed by atoms with Crippen LogP contribution in [0.5, 0.6) is 0 Å². The van der Waals surface area contributed by atoms with Gasteiger partial charge in [0.05, 0.1) is 6.20 Å². The van der Waals surface area contributed by atoms with Crippen LogP contribution in [0.15, 0.2) is 16.9 Å². The number of carboxylic acids is 1. The lowest BCUT2D eigenvalue weighted by Gasteiger charge is -1.99. The van der Waals surface area contributed by atoms with Crippen LogP contribution in [0.25, 0.3) is 5.65 Å². The molecular weight excluding hydrogens is 250 g/mol. The van der Waals surface area contributed by atoms with Crippen LogP contribution in [-0.2, 0) is 0 Å². The Hall–Kier alpha value is -1.43. The van der Waals surface area contributed by atoms with Gasteiger partial charge in [-0.1, -0.05) is 0 Å². The van der Waals surface area contributed by atoms with E-state index in [0.717, 1.165) is 5.69 Å². The van der Waals surface area contributed by atoms with E-state index < -0.39 is 5.97 Å². The van der Waals surface area contributed by atoms with Crippen molar-refractivity contribution in [2.45, 2.75) is 6.92 Å². The van der Waals surface area contributed by atoms with Crippen molar-refractivity contribution >= 4 is 27.5 Å². The van der Waals surface area contributed by atoms with Gasteiger partial charge in [-0.2, -0.15) is 5.10 Å². The molecule has 5 nitrogen and oxygen atoms in total. The molecule has 0 aliphatic rings. The lowest BCUT2D eigenvalue weighted by molar-refractivity contribution is 0.0699. The average molecular weight is 256 g/mol. The fourth-order valence-electron chi connectivity index (χ4n) is 1.23. The van der Waals surface area contributed by atoms with Gasteiger partial charge in [0.15, 0.2) is 5.65 Å². The molecule has 0 radical (unpaired) electrons. The second-order valence-electron chi connectivity index (χ2n) is 2.82. The molecule has 0 atom stereocenters. The van der Waals surface area contributed by atoms with Crippen LogP contribution in [0, 0.1) is 6.92 Å². The van der Waals surface area contributed by atoms with E-state index in [1.54, 1.807) is 6.07 Å². The van der Waals surface area contributed by atoms with Crippen molar-refractivity contribution in [1.82, 2.24) is 14.6 Å². The smallest absolute Gasteiger partial charge is 0.341 e. The first-order valence-corrected chi connectivity index (χ1v) is 4.63. The normalized spacial score (nSPS) is 10.7. The Morgan fingerprint density at radius 1 is 1.64 bits per heavy atom. The van der Waals surface area contributed by atoms with Gasteiger partial charge < -0.3 is 5.11 Å². The highest BCUT2D eigenvalue weighted by atomic mass is 79.9. The van der Waals surface area contributed by atoms with Gasteiger partial charge in [0.25, 0.3) is 0 Å². The van der Waals surface area contributed by atoms with Gasteiger partial charge in [0.1, 0.15) is 10.2 Å². The maximum atomic E-state index is 10.8. The van der Waals surface area contributed by atoms with Crippen LogP contribution >= 0.6 is 15.9 Å². The monoisotopic (exact) mass is 255 g/mol. The molecule has 0 aliphatic carbocycles. The van der Waals surface area contributed by atoms with Gasteiger partial charge in [-0.05, 0) is 28.9 Å². The highest BCUT2D eigenvalue weighted by Gasteiger charge is 2.13. The van der Waals surface area contributed by atoms with Crippen LogP contribution in [0.3, 0.4) is 0 Å². The molecule has 0 unspecified atom stereocenters. The third-order valence-electron chi connectivity index (χ3n) is 1.85. The van der Waals surface area contributed by atoms with E-state index in [9.17, 15) is 4.79 Å². The van der Waals surface area contributed by atoms with Gasteiger partial charge in [-0.15, -0.1) is 0 Å². The predicted octanol–water partition coefficient (Wildman–Crippen LogP) is 1.50. The van der Waals surface area contributed by atoms with E-state index >= 15 is 0 Å². The Morgan fingerprint density at radius 2 is 2.36 bits per heavy atom.